The van der Waals surface area contributed by atoms with Gasteiger partial charge in [0.25, 0.3) is 5.56 Å². The van der Waals surface area contributed by atoms with Crippen molar-refractivity contribution in [2.45, 2.75) is 53.0 Å². The third kappa shape index (κ3) is 4.87. The summed E-state index contributed by atoms with van der Waals surface area (Å²) in [5.41, 5.74) is 1.38. The van der Waals surface area contributed by atoms with Gasteiger partial charge in [-0.05, 0) is 52.0 Å². The molecular weight excluding hydrogens is 386 g/mol. The number of nitrogens with one attached hydrogen (secondary N) is 1. The van der Waals surface area contributed by atoms with Gasteiger partial charge < -0.3 is 10.2 Å². The highest BCUT2D eigenvalue weighted by molar-refractivity contribution is 7.19. The Hall–Kier alpha value is -2.19. The van der Waals surface area contributed by atoms with E-state index in [1.54, 1.807) is 11.3 Å². The molecule has 0 unspecified atom stereocenters. The summed E-state index contributed by atoms with van der Waals surface area (Å²) in [6, 6.07) is 4.00. The van der Waals surface area contributed by atoms with E-state index in [2.05, 4.69) is 42.3 Å². The highest BCUT2D eigenvalue weighted by atomic mass is 32.1. The Bertz CT molecular complexity index is 1050. The summed E-state index contributed by atoms with van der Waals surface area (Å²) in [7, 11) is 2.10. The number of aryl methyl sites for hydroxylation is 2. The van der Waals surface area contributed by atoms with Crippen molar-refractivity contribution in [2.75, 3.05) is 26.7 Å². The van der Waals surface area contributed by atoms with Crippen molar-refractivity contribution in [2.24, 2.45) is 0 Å². The topological polar surface area (TPSA) is 71.6 Å². The number of carbonyl (C=O) groups excluding carboxylic acids is 1. The summed E-state index contributed by atoms with van der Waals surface area (Å²) in [4.78, 5) is 28.7. The summed E-state index contributed by atoms with van der Waals surface area (Å²) < 4.78 is 4.31. The number of hydrogen-bond donors (Lipinski definition) is 1. The molecule has 0 radical (unpaired) electrons. The van der Waals surface area contributed by atoms with Crippen molar-refractivity contribution in [1.82, 2.24) is 24.4 Å². The molecule has 3 rings (SSSR count). The molecule has 0 bridgehead atoms. The van der Waals surface area contributed by atoms with E-state index in [9.17, 15) is 9.59 Å². The second kappa shape index (κ2) is 9.54. The van der Waals surface area contributed by atoms with E-state index < -0.39 is 0 Å². The van der Waals surface area contributed by atoms with Gasteiger partial charge in [-0.25, -0.2) is 4.68 Å². The number of fused-ring (bicyclic) bond motifs is 3. The van der Waals surface area contributed by atoms with E-state index in [4.69, 9.17) is 0 Å². The lowest BCUT2D eigenvalue weighted by molar-refractivity contribution is -0.121. The molecule has 0 aromatic carbocycles. The molecule has 1 amide bonds. The molecule has 3 aromatic rings. The molecule has 8 heteroatoms. The average molecular weight is 418 g/mol. The van der Waals surface area contributed by atoms with E-state index in [1.165, 1.54) is 22.4 Å². The van der Waals surface area contributed by atoms with E-state index in [0.717, 1.165) is 35.6 Å². The minimum absolute atomic E-state index is 0.0497. The second-order valence-electron chi connectivity index (χ2n) is 7.56. The number of thiophene rings is 1. The molecule has 3 aromatic heterocycles. The van der Waals surface area contributed by atoms with Gasteiger partial charge in [0.2, 0.25) is 5.91 Å². The monoisotopic (exact) mass is 417 g/mol. The maximum atomic E-state index is 12.9. The summed E-state index contributed by atoms with van der Waals surface area (Å²) in [6.45, 7) is 8.84. The van der Waals surface area contributed by atoms with Gasteiger partial charge in [-0.2, -0.15) is 5.10 Å². The minimum Gasteiger partial charge on any atom is -0.354 e. The first-order valence-electron chi connectivity index (χ1n) is 10.4. The first kappa shape index (κ1) is 21.5. The maximum absolute atomic E-state index is 12.9. The van der Waals surface area contributed by atoms with Gasteiger partial charge in [0.05, 0.1) is 10.2 Å². The Morgan fingerprint density at radius 3 is 2.69 bits per heavy atom. The van der Waals surface area contributed by atoms with Gasteiger partial charge in [0.15, 0.2) is 0 Å². The SMILES string of the molecule is CCCCN(C)CCCNC(=O)Cn1nc(CC)n2c(cc3sc(C)cc32)c1=O. The quantitative estimate of drug-likeness (QED) is 0.515. The van der Waals surface area contributed by atoms with Crippen molar-refractivity contribution >= 4 is 33.0 Å². The van der Waals surface area contributed by atoms with E-state index >= 15 is 0 Å². The first-order chi connectivity index (χ1) is 13.9. The van der Waals surface area contributed by atoms with Crippen LogP contribution >= 0.6 is 11.3 Å². The Morgan fingerprint density at radius 1 is 1.21 bits per heavy atom. The van der Waals surface area contributed by atoms with Crippen molar-refractivity contribution in [1.29, 1.82) is 0 Å². The summed E-state index contributed by atoms with van der Waals surface area (Å²) in [5, 5.41) is 7.40. The van der Waals surface area contributed by atoms with Crippen LogP contribution in [0.25, 0.3) is 15.7 Å². The van der Waals surface area contributed by atoms with Crippen LogP contribution in [0.4, 0.5) is 0 Å². The fourth-order valence-electron chi connectivity index (χ4n) is 3.56. The number of nitrogens with zero attached hydrogens (tertiary/aromatic N) is 4. The number of rotatable bonds is 10. The number of amides is 1. The molecule has 7 nitrogen and oxygen atoms in total. The molecule has 29 heavy (non-hydrogen) atoms. The summed E-state index contributed by atoms with van der Waals surface area (Å²) in [6.07, 6.45) is 3.95. The van der Waals surface area contributed by atoms with Crippen LogP contribution in [0.1, 0.15) is 43.8 Å². The fraction of sp³-hybridized carbons (Fsp3) is 0.571. The van der Waals surface area contributed by atoms with Crippen LogP contribution in [0.5, 0.6) is 0 Å². The van der Waals surface area contributed by atoms with Crippen LogP contribution in [-0.4, -0.2) is 51.7 Å². The van der Waals surface area contributed by atoms with Crippen LogP contribution in [0.2, 0.25) is 0 Å². The molecule has 3 heterocycles. The van der Waals surface area contributed by atoms with Crippen LogP contribution in [0, 0.1) is 6.92 Å². The predicted octanol–water partition coefficient (Wildman–Crippen LogP) is 2.82. The van der Waals surface area contributed by atoms with Gasteiger partial charge in [-0.3, -0.25) is 14.0 Å². The summed E-state index contributed by atoms with van der Waals surface area (Å²) >= 11 is 1.67. The minimum atomic E-state index is -0.224. The van der Waals surface area contributed by atoms with E-state index in [1.807, 2.05) is 17.4 Å². The normalized spacial score (nSPS) is 11.8. The van der Waals surface area contributed by atoms with Crippen molar-refractivity contribution < 1.29 is 4.79 Å². The van der Waals surface area contributed by atoms with Crippen LogP contribution in [-0.2, 0) is 17.8 Å². The Labute approximate surface area is 175 Å². The van der Waals surface area contributed by atoms with E-state index in [0.29, 0.717) is 18.5 Å². The smallest absolute Gasteiger partial charge is 0.291 e. The zero-order valence-electron chi connectivity index (χ0n) is 17.8. The second-order valence-corrected chi connectivity index (χ2v) is 8.85. The standard InChI is InChI=1S/C21H31N5O2S/c1-5-7-10-24(4)11-8-9-22-20(27)14-25-21(28)17-13-18-16(12-15(3)29-18)26(17)19(6-2)23-25/h12-13H,5-11,14H2,1-4H3,(H,22,27). The maximum Gasteiger partial charge on any atom is 0.291 e. The molecule has 1 N–H and O–H groups in total. The zero-order chi connectivity index (χ0) is 21.0. The third-order valence-electron chi connectivity index (χ3n) is 5.10. The number of carbonyl (C=O) groups is 1. The number of hydrogen-bond acceptors (Lipinski definition) is 5. The number of aromatic nitrogens is 3. The molecule has 0 fully saturated rings. The van der Waals surface area contributed by atoms with Crippen molar-refractivity contribution in [3.05, 3.63) is 33.2 Å². The Kier molecular flexibility index (Phi) is 7.08. The van der Waals surface area contributed by atoms with E-state index in [-0.39, 0.29) is 18.0 Å². The Morgan fingerprint density at radius 2 is 1.97 bits per heavy atom. The van der Waals surface area contributed by atoms with Gasteiger partial charge in [0.1, 0.15) is 17.9 Å². The van der Waals surface area contributed by atoms with Gasteiger partial charge in [-0.15, -0.1) is 11.3 Å². The number of unbranched alkanes of at least 4 members (excludes halogenated alkanes) is 1. The van der Waals surface area contributed by atoms with Crippen LogP contribution in [0.15, 0.2) is 16.9 Å². The molecule has 158 valence electrons. The molecular formula is C21H31N5O2S. The van der Waals surface area contributed by atoms with Gasteiger partial charge >= 0.3 is 0 Å². The zero-order valence-corrected chi connectivity index (χ0v) is 18.6. The van der Waals surface area contributed by atoms with Crippen LogP contribution < -0.4 is 10.9 Å². The first-order valence-corrected chi connectivity index (χ1v) is 11.2. The largest absolute Gasteiger partial charge is 0.354 e. The molecule has 0 spiro atoms. The molecule has 0 atom stereocenters. The molecule has 0 aliphatic carbocycles. The van der Waals surface area contributed by atoms with Gasteiger partial charge in [0, 0.05) is 17.8 Å². The Balaban J connectivity index is 1.68. The lowest BCUT2D eigenvalue weighted by atomic mass is 10.3. The third-order valence-corrected chi connectivity index (χ3v) is 6.09. The van der Waals surface area contributed by atoms with Crippen LogP contribution in [0.3, 0.4) is 0 Å². The van der Waals surface area contributed by atoms with Gasteiger partial charge in [-0.1, -0.05) is 20.3 Å². The van der Waals surface area contributed by atoms with Crippen molar-refractivity contribution in [3.63, 3.8) is 0 Å². The highest BCUT2D eigenvalue weighted by Gasteiger charge is 2.16. The molecule has 0 saturated carbocycles. The summed E-state index contributed by atoms with van der Waals surface area (Å²) in [5.74, 6) is 0.615. The van der Waals surface area contributed by atoms with Crippen molar-refractivity contribution in [3.8, 4) is 0 Å². The predicted molar refractivity (Wildman–Crippen MR) is 119 cm³/mol. The highest BCUT2D eigenvalue weighted by Crippen LogP contribution is 2.28. The lowest BCUT2D eigenvalue weighted by Gasteiger charge is -2.16. The molecule has 0 saturated heterocycles. The molecule has 0 aliphatic rings. The fourth-order valence-corrected chi connectivity index (χ4v) is 4.50. The molecule has 0 aliphatic heterocycles. The lowest BCUT2D eigenvalue weighted by Crippen LogP contribution is -2.36. The average Bonchev–Trinajstić information content (AvgIpc) is 3.22.